The Kier molecular flexibility index (Phi) is 4.11. The van der Waals surface area contributed by atoms with Gasteiger partial charge >= 0.3 is 11.7 Å². The van der Waals surface area contributed by atoms with Gasteiger partial charge in [-0.15, -0.1) is 0 Å². The monoisotopic (exact) mass is 327 g/mol. The second-order valence-corrected chi connectivity index (χ2v) is 5.13. The molecule has 24 heavy (non-hydrogen) atoms. The lowest BCUT2D eigenvalue weighted by Gasteiger charge is -2.06. The highest BCUT2D eigenvalue weighted by Gasteiger charge is 2.10. The van der Waals surface area contributed by atoms with Crippen molar-refractivity contribution in [1.82, 2.24) is 14.8 Å². The lowest BCUT2D eigenvalue weighted by Crippen LogP contribution is -2.35. The van der Waals surface area contributed by atoms with E-state index in [2.05, 4.69) is 10.1 Å². The Morgan fingerprint density at radius 3 is 2.79 bits per heavy atom. The summed E-state index contributed by atoms with van der Waals surface area (Å²) in [6.07, 6.45) is 1.63. The number of furan rings is 1. The zero-order valence-corrected chi connectivity index (χ0v) is 12.4. The molecule has 3 rings (SSSR count). The van der Waals surface area contributed by atoms with Crippen molar-refractivity contribution in [2.75, 3.05) is 0 Å². The van der Waals surface area contributed by atoms with E-state index >= 15 is 0 Å². The van der Waals surface area contributed by atoms with Gasteiger partial charge in [0.2, 0.25) is 0 Å². The van der Waals surface area contributed by atoms with Crippen LogP contribution in [0.5, 0.6) is 0 Å². The molecule has 0 atom stereocenters. The SMILES string of the molecule is O=C(O)c1cccc(Cn2nc(Cc3ccco3)c(=O)[nH]c2=O)c1. The van der Waals surface area contributed by atoms with Crippen molar-refractivity contribution in [2.45, 2.75) is 13.0 Å². The molecule has 0 saturated heterocycles. The van der Waals surface area contributed by atoms with Crippen molar-refractivity contribution in [1.29, 1.82) is 0 Å². The summed E-state index contributed by atoms with van der Waals surface area (Å²) in [7, 11) is 0. The molecule has 0 radical (unpaired) electrons. The van der Waals surface area contributed by atoms with Gasteiger partial charge in [-0.2, -0.15) is 5.10 Å². The number of carboxylic acid groups (broad SMARTS) is 1. The third-order valence-corrected chi connectivity index (χ3v) is 3.39. The first kappa shape index (κ1) is 15.5. The van der Waals surface area contributed by atoms with E-state index in [0.717, 1.165) is 4.68 Å². The number of nitrogens with zero attached hydrogens (tertiary/aromatic N) is 2. The van der Waals surface area contributed by atoms with Crippen LogP contribution in [0.15, 0.2) is 56.7 Å². The molecule has 2 heterocycles. The average molecular weight is 327 g/mol. The smallest absolute Gasteiger partial charge is 0.345 e. The minimum absolute atomic E-state index is 0.0435. The number of carbonyl (C=O) groups is 1. The minimum atomic E-state index is -1.06. The van der Waals surface area contributed by atoms with Gasteiger partial charge < -0.3 is 9.52 Å². The molecule has 0 fully saturated rings. The van der Waals surface area contributed by atoms with Gasteiger partial charge in [-0.1, -0.05) is 12.1 Å². The first-order chi connectivity index (χ1) is 11.5. The van der Waals surface area contributed by atoms with Crippen LogP contribution in [0.3, 0.4) is 0 Å². The molecule has 0 spiro atoms. The van der Waals surface area contributed by atoms with E-state index in [1.807, 2.05) is 0 Å². The predicted molar refractivity (Wildman–Crippen MR) is 83.1 cm³/mol. The predicted octanol–water partition coefficient (Wildman–Crippen LogP) is 0.862. The van der Waals surface area contributed by atoms with Crippen LogP contribution >= 0.6 is 0 Å². The number of aromatic nitrogens is 3. The van der Waals surface area contributed by atoms with E-state index in [1.165, 1.54) is 18.4 Å². The van der Waals surface area contributed by atoms with Crippen LogP contribution in [-0.2, 0) is 13.0 Å². The Labute approximate surface area is 135 Å². The van der Waals surface area contributed by atoms with Gasteiger partial charge in [0, 0.05) is 0 Å². The van der Waals surface area contributed by atoms with E-state index in [1.54, 1.807) is 24.3 Å². The molecule has 0 aliphatic heterocycles. The van der Waals surface area contributed by atoms with Crippen LogP contribution in [0.2, 0.25) is 0 Å². The van der Waals surface area contributed by atoms with Crippen molar-refractivity contribution in [3.05, 3.63) is 86.1 Å². The number of rotatable bonds is 5. The molecule has 0 aliphatic rings. The average Bonchev–Trinajstić information content (AvgIpc) is 3.05. The molecule has 2 aromatic heterocycles. The second kappa shape index (κ2) is 6.37. The van der Waals surface area contributed by atoms with E-state index in [9.17, 15) is 14.4 Å². The van der Waals surface area contributed by atoms with E-state index in [4.69, 9.17) is 9.52 Å². The van der Waals surface area contributed by atoms with Crippen molar-refractivity contribution in [3.8, 4) is 0 Å². The summed E-state index contributed by atoms with van der Waals surface area (Å²) in [5.74, 6) is -0.511. The van der Waals surface area contributed by atoms with Crippen LogP contribution in [0.1, 0.15) is 27.4 Å². The molecule has 8 nitrogen and oxygen atoms in total. The summed E-state index contributed by atoms with van der Waals surface area (Å²) in [4.78, 5) is 37.0. The van der Waals surface area contributed by atoms with Gasteiger partial charge in [0.25, 0.3) is 5.56 Å². The van der Waals surface area contributed by atoms with Crippen molar-refractivity contribution >= 4 is 5.97 Å². The standard InChI is InChI=1S/C16H13N3O5/c20-14-13(8-12-5-2-6-24-12)18-19(16(23)17-14)9-10-3-1-4-11(7-10)15(21)22/h1-7H,8-9H2,(H,21,22)(H,17,20,23). The number of hydrogen-bond acceptors (Lipinski definition) is 5. The Balaban J connectivity index is 1.93. The fourth-order valence-electron chi connectivity index (χ4n) is 2.25. The Bertz CT molecular complexity index is 985. The highest BCUT2D eigenvalue weighted by Crippen LogP contribution is 2.07. The first-order valence-corrected chi connectivity index (χ1v) is 7.08. The number of aromatic amines is 1. The number of nitrogens with one attached hydrogen (secondary N) is 1. The molecule has 8 heteroatoms. The molecule has 0 aliphatic carbocycles. The number of hydrogen-bond donors (Lipinski definition) is 2. The molecule has 0 unspecified atom stereocenters. The summed E-state index contributed by atoms with van der Waals surface area (Å²) in [5.41, 5.74) is -0.406. The van der Waals surface area contributed by atoms with Gasteiger partial charge in [-0.3, -0.25) is 9.78 Å². The van der Waals surface area contributed by atoms with Gasteiger partial charge in [0.05, 0.1) is 24.8 Å². The summed E-state index contributed by atoms with van der Waals surface area (Å²) >= 11 is 0. The summed E-state index contributed by atoms with van der Waals surface area (Å²) in [5, 5.41) is 13.1. The normalized spacial score (nSPS) is 10.7. The zero-order chi connectivity index (χ0) is 17.1. The molecule has 1 aromatic carbocycles. The van der Waals surface area contributed by atoms with Crippen LogP contribution in [0.25, 0.3) is 0 Å². The van der Waals surface area contributed by atoms with Crippen molar-refractivity contribution < 1.29 is 14.3 Å². The van der Waals surface area contributed by atoms with E-state index < -0.39 is 17.2 Å². The maximum Gasteiger partial charge on any atom is 0.345 e. The van der Waals surface area contributed by atoms with Crippen LogP contribution in [0, 0.1) is 0 Å². The fraction of sp³-hybridized carbons (Fsp3) is 0.125. The molecule has 122 valence electrons. The minimum Gasteiger partial charge on any atom is -0.478 e. The largest absolute Gasteiger partial charge is 0.478 e. The van der Waals surface area contributed by atoms with Crippen LogP contribution in [-0.4, -0.2) is 25.8 Å². The zero-order valence-electron chi connectivity index (χ0n) is 12.4. The Hall–Kier alpha value is -3.42. The topological polar surface area (TPSA) is 118 Å². The van der Waals surface area contributed by atoms with Crippen molar-refractivity contribution in [2.24, 2.45) is 0 Å². The summed E-state index contributed by atoms with van der Waals surface area (Å²) in [6.45, 7) is 0.0435. The number of carboxylic acids is 1. The molecular formula is C16H13N3O5. The highest BCUT2D eigenvalue weighted by molar-refractivity contribution is 5.87. The Morgan fingerprint density at radius 2 is 2.08 bits per heavy atom. The fourth-order valence-corrected chi connectivity index (χ4v) is 2.25. The lowest BCUT2D eigenvalue weighted by atomic mass is 10.1. The third-order valence-electron chi connectivity index (χ3n) is 3.39. The number of H-pyrrole nitrogens is 1. The quantitative estimate of drug-likeness (QED) is 0.717. The molecular weight excluding hydrogens is 314 g/mol. The molecule has 0 saturated carbocycles. The highest BCUT2D eigenvalue weighted by atomic mass is 16.4. The van der Waals surface area contributed by atoms with Gasteiger partial charge in [0.15, 0.2) is 0 Å². The van der Waals surface area contributed by atoms with E-state index in [0.29, 0.717) is 11.3 Å². The van der Waals surface area contributed by atoms with Crippen LogP contribution in [0.4, 0.5) is 0 Å². The van der Waals surface area contributed by atoms with Crippen LogP contribution < -0.4 is 11.2 Å². The van der Waals surface area contributed by atoms with Crippen molar-refractivity contribution in [3.63, 3.8) is 0 Å². The van der Waals surface area contributed by atoms with E-state index in [-0.39, 0.29) is 24.2 Å². The molecule has 0 bridgehead atoms. The second-order valence-electron chi connectivity index (χ2n) is 5.13. The van der Waals surface area contributed by atoms with Gasteiger partial charge in [-0.05, 0) is 29.8 Å². The maximum atomic E-state index is 11.9. The van der Waals surface area contributed by atoms with Gasteiger partial charge in [0.1, 0.15) is 11.5 Å². The maximum absolute atomic E-state index is 11.9. The third kappa shape index (κ3) is 3.32. The molecule has 3 aromatic rings. The lowest BCUT2D eigenvalue weighted by molar-refractivity contribution is 0.0696. The Morgan fingerprint density at radius 1 is 1.25 bits per heavy atom. The summed E-state index contributed by atoms with van der Waals surface area (Å²) < 4.78 is 6.26. The van der Waals surface area contributed by atoms with Gasteiger partial charge in [-0.25, -0.2) is 14.3 Å². The number of benzene rings is 1. The molecule has 0 amide bonds. The first-order valence-electron chi connectivity index (χ1n) is 7.08. The summed E-state index contributed by atoms with van der Waals surface area (Å²) in [6, 6.07) is 9.56. The molecule has 2 N–H and O–H groups in total. The number of aromatic carboxylic acids is 1.